The van der Waals surface area contributed by atoms with Crippen molar-refractivity contribution in [1.82, 2.24) is 15.2 Å². The number of thiazole rings is 1. The van der Waals surface area contributed by atoms with Crippen LogP contribution in [0.4, 0.5) is 0 Å². The van der Waals surface area contributed by atoms with Gasteiger partial charge in [-0.15, -0.1) is 11.3 Å². The van der Waals surface area contributed by atoms with E-state index < -0.39 is 0 Å². The van der Waals surface area contributed by atoms with Gasteiger partial charge in [0.2, 0.25) is 0 Å². The normalized spacial score (nSPS) is 20.5. The van der Waals surface area contributed by atoms with Crippen LogP contribution >= 0.6 is 11.3 Å². The molecule has 6 heteroatoms. The number of nitrogens with zero attached hydrogens (tertiary/aromatic N) is 2. The quantitative estimate of drug-likeness (QED) is 0.591. The topological polar surface area (TPSA) is 54.5 Å². The lowest BCUT2D eigenvalue weighted by molar-refractivity contribution is 0.0956. The van der Waals surface area contributed by atoms with Gasteiger partial charge in [-0.2, -0.15) is 0 Å². The molecule has 2 aromatic rings. The minimum absolute atomic E-state index is 0.0248. The first-order chi connectivity index (χ1) is 15.6. The number of hydrogen-bond donors (Lipinski definition) is 1. The Bertz CT molecular complexity index is 989. The van der Waals surface area contributed by atoms with Gasteiger partial charge in [0.1, 0.15) is 21.7 Å². The number of allylic oxidation sites excluding steroid dienone is 3. The highest BCUT2D eigenvalue weighted by Gasteiger charge is 2.20. The molecule has 0 spiro atoms. The van der Waals surface area contributed by atoms with Crippen molar-refractivity contribution < 1.29 is 9.53 Å². The molecule has 1 unspecified atom stereocenters. The molecular formula is C26H33N3O2S. The Morgan fingerprint density at radius 1 is 1.25 bits per heavy atom. The fourth-order valence-electron chi connectivity index (χ4n) is 4.24. The van der Waals surface area contributed by atoms with Crippen LogP contribution in [-0.2, 0) is 6.42 Å². The van der Waals surface area contributed by atoms with Crippen LogP contribution in [0.2, 0.25) is 0 Å². The highest BCUT2D eigenvalue weighted by atomic mass is 32.1. The molecule has 1 aromatic carbocycles. The summed E-state index contributed by atoms with van der Waals surface area (Å²) >= 11 is 1.45. The Morgan fingerprint density at radius 2 is 2.09 bits per heavy atom. The summed E-state index contributed by atoms with van der Waals surface area (Å²) in [5, 5.41) is 3.92. The van der Waals surface area contributed by atoms with Gasteiger partial charge in [0.05, 0.1) is 11.3 Å². The number of carbonyl (C=O) groups excluding carboxylic acids is 1. The standard InChI is InChI=1S/C26H33N3O2S/c1-19-11-4-3-5-12-21-13-10-14-22(23(21)31-19)26-28-20(2)24(32-26)25(30)27-15-6-7-16-29-17-8-9-18-29/h3-5,10-11,13-14,19H,6-9,12,15-18H2,1-2H3,(H,27,30)/b5-3-,11-4-. The van der Waals surface area contributed by atoms with E-state index in [1.807, 2.05) is 38.1 Å². The predicted octanol–water partition coefficient (Wildman–Crippen LogP) is 5.16. The summed E-state index contributed by atoms with van der Waals surface area (Å²) in [5.74, 6) is 0.835. The maximum atomic E-state index is 12.8. The molecule has 1 saturated heterocycles. The average molecular weight is 452 g/mol. The number of nitrogens with one attached hydrogen (secondary N) is 1. The predicted molar refractivity (Wildman–Crippen MR) is 132 cm³/mol. The van der Waals surface area contributed by atoms with Crippen molar-refractivity contribution >= 4 is 17.2 Å². The molecule has 1 atom stereocenters. The van der Waals surface area contributed by atoms with Crippen LogP contribution in [0, 0.1) is 6.92 Å². The molecule has 2 aliphatic rings. The van der Waals surface area contributed by atoms with Crippen LogP contribution in [0.15, 0.2) is 42.5 Å². The van der Waals surface area contributed by atoms with Crippen molar-refractivity contribution in [1.29, 1.82) is 0 Å². The molecule has 5 nitrogen and oxygen atoms in total. The van der Waals surface area contributed by atoms with E-state index in [0.717, 1.165) is 53.4 Å². The van der Waals surface area contributed by atoms with E-state index in [1.165, 1.54) is 37.3 Å². The zero-order valence-corrected chi connectivity index (χ0v) is 19.9. The number of rotatable bonds is 7. The van der Waals surface area contributed by atoms with Gasteiger partial charge >= 0.3 is 0 Å². The molecule has 4 rings (SSSR count). The van der Waals surface area contributed by atoms with Crippen LogP contribution in [0.25, 0.3) is 10.6 Å². The third-order valence-electron chi connectivity index (χ3n) is 5.99. The van der Waals surface area contributed by atoms with Crippen LogP contribution < -0.4 is 10.1 Å². The molecule has 170 valence electrons. The van der Waals surface area contributed by atoms with E-state index in [1.54, 1.807) is 0 Å². The number of amides is 1. The maximum Gasteiger partial charge on any atom is 0.263 e. The van der Waals surface area contributed by atoms with Crippen LogP contribution in [-0.4, -0.2) is 48.1 Å². The third kappa shape index (κ3) is 5.67. The molecule has 1 amide bonds. The molecular weight excluding hydrogens is 418 g/mol. The van der Waals surface area contributed by atoms with Crippen molar-refractivity contribution in [2.45, 2.75) is 52.1 Å². The Labute approximate surface area is 195 Å². The molecule has 0 bridgehead atoms. The number of likely N-dealkylation sites (tertiary alicyclic amines) is 1. The second-order valence-corrected chi connectivity index (χ2v) is 9.58. The van der Waals surface area contributed by atoms with Gasteiger partial charge in [-0.3, -0.25) is 4.79 Å². The first kappa shape index (κ1) is 22.7. The van der Waals surface area contributed by atoms with Gasteiger partial charge in [0.25, 0.3) is 5.91 Å². The first-order valence-corrected chi connectivity index (χ1v) is 12.5. The van der Waals surface area contributed by atoms with Gasteiger partial charge in [-0.1, -0.05) is 30.4 Å². The van der Waals surface area contributed by atoms with E-state index >= 15 is 0 Å². The fraction of sp³-hybridized carbons (Fsp3) is 0.462. The third-order valence-corrected chi connectivity index (χ3v) is 7.18. The summed E-state index contributed by atoms with van der Waals surface area (Å²) in [6.45, 7) is 8.25. The Morgan fingerprint density at radius 3 is 2.94 bits per heavy atom. The second kappa shape index (κ2) is 10.9. The van der Waals surface area contributed by atoms with Crippen molar-refractivity contribution in [3.8, 4) is 16.3 Å². The second-order valence-electron chi connectivity index (χ2n) is 8.58. The zero-order chi connectivity index (χ0) is 22.3. The van der Waals surface area contributed by atoms with Gasteiger partial charge < -0.3 is 15.0 Å². The highest BCUT2D eigenvalue weighted by molar-refractivity contribution is 7.17. The molecule has 2 aliphatic heterocycles. The monoisotopic (exact) mass is 451 g/mol. The lowest BCUT2D eigenvalue weighted by Gasteiger charge is -2.17. The van der Waals surface area contributed by atoms with E-state index in [9.17, 15) is 4.79 Å². The van der Waals surface area contributed by atoms with Crippen molar-refractivity contribution in [2.75, 3.05) is 26.2 Å². The number of unbranched alkanes of at least 4 members (excludes halogenated alkanes) is 1. The maximum absolute atomic E-state index is 12.8. The van der Waals surface area contributed by atoms with Crippen molar-refractivity contribution in [2.24, 2.45) is 0 Å². The molecule has 0 radical (unpaired) electrons. The number of hydrogen-bond acceptors (Lipinski definition) is 5. The summed E-state index contributed by atoms with van der Waals surface area (Å²) in [6.07, 6.45) is 13.8. The minimum atomic E-state index is -0.0398. The van der Waals surface area contributed by atoms with E-state index in [0.29, 0.717) is 11.4 Å². The lowest BCUT2D eigenvalue weighted by atomic mass is 10.1. The number of ether oxygens (including phenoxy) is 1. The largest absolute Gasteiger partial charge is 0.486 e. The van der Waals surface area contributed by atoms with Gasteiger partial charge in [-0.05, 0) is 83.3 Å². The van der Waals surface area contributed by atoms with Gasteiger partial charge in [0.15, 0.2) is 0 Å². The van der Waals surface area contributed by atoms with Crippen molar-refractivity contribution in [3.63, 3.8) is 0 Å². The van der Waals surface area contributed by atoms with E-state index in [4.69, 9.17) is 9.72 Å². The smallest absolute Gasteiger partial charge is 0.263 e. The van der Waals surface area contributed by atoms with Crippen LogP contribution in [0.3, 0.4) is 0 Å². The molecule has 1 N–H and O–H groups in total. The molecule has 1 aromatic heterocycles. The first-order valence-electron chi connectivity index (χ1n) is 11.7. The number of aryl methyl sites for hydroxylation is 1. The summed E-state index contributed by atoms with van der Waals surface area (Å²) in [7, 11) is 0. The Hall–Kier alpha value is -2.44. The molecule has 3 heterocycles. The number of para-hydroxylation sites is 1. The summed E-state index contributed by atoms with van der Waals surface area (Å²) in [6, 6.07) is 6.17. The van der Waals surface area contributed by atoms with E-state index in [2.05, 4.69) is 28.4 Å². The van der Waals surface area contributed by atoms with Crippen LogP contribution in [0.5, 0.6) is 5.75 Å². The summed E-state index contributed by atoms with van der Waals surface area (Å²) < 4.78 is 6.28. The molecule has 1 fully saturated rings. The fourth-order valence-corrected chi connectivity index (χ4v) is 5.25. The highest BCUT2D eigenvalue weighted by Crippen LogP contribution is 2.38. The Balaban J connectivity index is 1.43. The Kier molecular flexibility index (Phi) is 7.76. The zero-order valence-electron chi connectivity index (χ0n) is 19.1. The summed E-state index contributed by atoms with van der Waals surface area (Å²) in [5.41, 5.74) is 2.86. The minimum Gasteiger partial charge on any atom is -0.486 e. The van der Waals surface area contributed by atoms with Crippen LogP contribution in [0.1, 0.15) is 53.5 Å². The average Bonchev–Trinajstić information content (AvgIpc) is 3.44. The van der Waals surface area contributed by atoms with Crippen molar-refractivity contribution in [3.05, 3.63) is 58.6 Å². The SMILES string of the molecule is Cc1nc(-c2cccc3c2OC(C)/C=C\C=C/C3)sc1C(=O)NCCCCN1CCCC1. The van der Waals surface area contributed by atoms with Gasteiger partial charge in [-0.25, -0.2) is 4.98 Å². The molecule has 32 heavy (non-hydrogen) atoms. The summed E-state index contributed by atoms with van der Waals surface area (Å²) in [4.78, 5) is 20.8. The lowest BCUT2D eigenvalue weighted by Crippen LogP contribution is -2.26. The number of benzene rings is 1. The number of aromatic nitrogens is 1. The molecule has 0 aliphatic carbocycles. The molecule has 0 saturated carbocycles. The van der Waals surface area contributed by atoms with Gasteiger partial charge in [0, 0.05) is 6.54 Å². The van der Waals surface area contributed by atoms with E-state index in [-0.39, 0.29) is 12.0 Å². The number of fused-ring (bicyclic) bond motifs is 1. The number of carbonyl (C=O) groups is 1.